The summed E-state index contributed by atoms with van der Waals surface area (Å²) < 4.78 is 7.56. The highest BCUT2D eigenvalue weighted by molar-refractivity contribution is 5.67. The first-order valence-electron chi connectivity index (χ1n) is 5.81. The summed E-state index contributed by atoms with van der Waals surface area (Å²) in [4.78, 5) is 1.94. The summed E-state index contributed by atoms with van der Waals surface area (Å²) in [7, 11) is 3.86. The molecule has 0 aromatic carbocycles. The summed E-state index contributed by atoms with van der Waals surface area (Å²) in [5.41, 5.74) is 7.18. The van der Waals surface area contributed by atoms with Crippen LogP contribution in [0, 0.1) is 11.3 Å². The van der Waals surface area contributed by atoms with Crippen LogP contribution in [-0.2, 0) is 11.3 Å². The monoisotopic (exact) mass is 234 g/mol. The van der Waals surface area contributed by atoms with Gasteiger partial charge in [-0.25, -0.2) is 0 Å². The van der Waals surface area contributed by atoms with Crippen molar-refractivity contribution in [2.45, 2.75) is 25.5 Å². The lowest BCUT2D eigenvalue weighted by atomic mass is 10.2. The number of nitriles is 1. The molecule has 17 heavy (non-hydrogen) atoms. The Morgan fingerprint density at radius 1 is 1.65 bits per heavy atom. The zero-order valence-corrected chi connectivity index (χ0v) is 10.3. The standard InChI is InChI=1S/C12H18N4O/c1-15(2)12-11(14)6-9(7-13)16(12)8-10-4-3-5-17-10/h6,10H,3-5,8,14H2,1-2H3. The van der Waals surface area contributed by atoms with Crippen LogP contribution in [0.5, 0.6) is 0 Å². The Morgan fingerprint density at radius 2 is 2.41 bits per heavy atom. The zero-order valence-electron chi connectivity index (χ0n) is 10.3. The first-order chi connectivity index (χ1) is 8.13. The van der Waals surface area contributed by atoms with E-state index in [4.69, 9.17) is 15.7 Å². The number of anilines is 2. The quantitative estimate of drug-likeness (QED) is 0.853. The average Bonchev–Trinajstić information content (AvgIpc) is 2.86. The summed E-state index contributed by atoms with van der Waals surface area (Å²) in [5, 5.41) is 9.13. The van der Waals surface area contributed by atoms with Crippen LogP contribution in [0.15, 0.2) is 6.07 Å². The molecular formula is C12H18N4O. The van der Waals surface area contributed by atoms with Crippen LogP contribution in [0.2, 0.25) is 0 Å². The molecule has 1 aromatic heterocycles. The molecule has 0 aliphatic carbocycles. The third-order valence-corrected chi connectivity index (χ3v) is 3.05. The highest BCUT2D eigenvalue weighted by Crippen LogP contribution is 2.28. The average molecular weight is 234 g/mol. The molecule has 1 atom stereocenters. The Kier molecular flexibility index (Phi) is 3.25. The largest absolute Gasteiger partial charge is 0.396 e. The van der Waals surface area contributed by atoms with E-state index in [-0.39, 0.29) is 6.10 Å². The van der Waals surface area contributed by atoms with Gasteiger partial charge in [0.25, 0.3) is 0 Å². The second kappa shape index (κ2) is 4.68. The van der Waals surface area contributed by atoms with E-state index in [1.165, 1.54) is 0 Å². The molecule has 1 aliphatic rings. The fraction of sp³-hybridized carbons (Fsp3) is 0.583. The van der Waals surface area contributed by atoms with Crippen molar-refractivity contribution >= 4 is 11.5 Å². The number of rotatable bonds is 3. The van der Waals surface area contributed by atoms with Gasteiger partial charge in [0, 0.05) is 20.7 Å². The van der Waals surface area contributed by atoms with E-state index < -0.39 is 0 Å². The van der Waals surface area contributed by atoms with E-state index >= 15 is 0 Å². The van der Waals surface area contributed by atoms with Crippen LogP contribution < -0.4 is 10.6 Å². The van der Waals surface area contributed by atoms with Crippen LogP contribution in [0.25, 0.3) is 0 Å². The molecule has 92 valence electrons. The van der Waals surface area contributed by atoms with Gasteiger partial charge in [-0.2, -0.15) is 5.26 Å². The molecule has 0 spiro atoms. The van der Waals surface area contributed by atoms with Gasteiger partial charge in [0.2, 0.25) is 0 Å². The van der Waals surface area contributed by atoms with Crippen molar-refractivity contribution in [2.24, 2.45) is 0 Å². The molecule has 1 aromatic rings. The molecule has 1 fully saturated rings. The molecule has 0 saturated carbocycles. The van der Waals surface area contributed by atoms with Crippen molar-refractivity contribution in [3.8, 4) is 6.07 Å². The maximum atomic E-state index is 9.13. The van der Waals surface area contributed by atoms with Gasteiger partial charge in [0.15, 0.2) is 0 Å². The number of ether oxygens (including phenoxy) is 1. The molecule has 0 amide bonds. The third kappa shape index (κ3) is 2.22. The van der Waals surface area contributed by atoms with Crippen molar-refractivity contribution in [1.29, 1.82) is 5.26 Å². The maximum Gasteiger partial charge on any atom is 0.132 e. The number of hydrogen-bond acceptors (Lipinski definition) is 4. The maximum absolute atomic E-state index is 9.13. The van der Waals surface area contributed by atoms with Crippen LogP contribution in [0.4, 0.5) is 11.5 Å². The van der Waals surface area contributed by atoms with Gasteiger partial charge >= 0.3 is 0 Å². The third-order valence-electron chi connectivity index (χ3n) is 3.05. The van der Waals surface area contributed by atoms with E-state index in [1.54, 1.807) is 6.07 Å². The van der Waals surface area contributed by atoms with Crippen LogP contribution in [0.1, 0.15) is 18.5 Å². The van der Waals surface area contributed by atoms with Gasteiger partial charge in [0.1, 0.15) is 17.6 Å². The van der Waals surface area contributed by atoms with Gasteiger partial charge in [0.05, 0.1) is 18.3 Å². The minimum absolute atomic E-state index is 0.201. The number of nitrogens with zero attached hydrogens (tertiary/aromatic N) is 3. The Hall–Kier alpha value is -1.67. The van der Waals surface area contributed by atoms with Crippen LogP contribution in [-0.4, -0.2) is 31.4 Å². The molecule has 2 N–H and O–H groups in total. The summed E-state index contributed by atoms with van der Waals surface area (Å²) in [6, 6.07) is 3.91. The van der Waals surface area contributed by atoms with Gasteiger partial charge in [-0.3, -0.25) is 0 Å². The number of hydrogen-bond donors (Lipinski definition) is 1. The van der Waals surface area contributed by atoms with E-state index in [0.29, 0.717) is 17.9 Å². The van der Waals surface area contributed by atoms with Crippen LogP contribution >= 0.6 is 0 Å². The Bertz CT molecular complexity index is 438. The molecule has 2 heterocycles. The van der Waals surface area contributed by atoms with Gasteiger partial charge < -0.3 is 19.9 Å². The topological polar surface area (TPSA) is 67.2 Å². The molecule has 0 radical (unpaired) electrons. The molecule has 1 saturated heterocycles. The fourth-order valence-corrected chi connectivity index (χ4v) is 2.33. The SMILES string of the molecule is CN(C)c1c(N)cc(C#N)n1CC1CCCO1. The molecule has 1 unspecified atom stereocenters. The van der Waals surface area contributed by atoms with Crippen molar-refractivity contribution in [3.63, 3.8) is 0 Å². The predicted molar refractivity (Wildman–Crippen MR) is 66.9 cm³/mol. The minimum atomic E-state index is 0.201. The van der Waals surface area contributed by atoms with Crippen LogP contribution in [0.3, 0.4) is 0 Å². The molecule has 0 bridgehead atoms. The lowest BCUT2D eigenvalue weighted by Crippen LogP contribution is -2.21. The highest BCUT2D eigenvalue weighted by atomic mass is 16.5. The molecule has 5 nitrogen and oxygen atoms in total. The first-order valence-corrected chi connectivity index (χ1v) is 5.81. The summed E-state index contributed by atoms with van der Waals surface area (Å²) in [5.74, 6) is 0.886. The van der Waals surface area contributed by atoms with E-state index in [1.807, 2.05) is 23.6 Å². The predicted octanol–water partition coefficient (Wildman–Crippen LogP) is 1.19. The summed E-state index contributed by atoms with van der Waals surface area (Å²) in [6.45, 7) is 1.52. The normalized spacial score (nSPS) is 19.2. The molecule has 5 heteroatoms. The summed E-state index contributed by atoms with van der Waals surface area (Å²) in [6.07, 6.45) is 2.35. The lowest BCUT2D eigenvalue weighted by molar-refractivity contribution is 0.0972. The lowest BCUT2D eigenvalue weighted by Gasteiger charge is -2.20. The van der Waals surface area contributed by atoms with Crippen molar-refractivity contribution in [1.82, 2.24) is 4.57 Å². The Morgan fingerprint density at radius 3 is 2.94 bits per heavy atom. The van der Waals surface area contributed by atoms with Gasteiger partial charge in [-0.05, 0) is 18.9 Å². The Balaban J connectivity index is 2.32. The Labute approximate surface area is 101 Å². The molecule has 2 rings (SSSR count). The van der Waals surface area contributed by atoms with Crippen molar-refractivity contribution in [2.75, 3.05) is 31.3 Å². The fourth-order valence-electron chi connectivity index (χ4n) is 2.33. The number of nitrogen functional groups attached to an aromatic ring is 1. The second-order valence-electron chi connectivity index (χ2n) is 4.56. The van der Waals surface area contributed by atoms with Gasteiger partial charge in [-0.15, -0.1) is 0 Å². The molecular weight excluding hydrogens is 216 g/mol. The minimum Gasteiger partial charge on any atom is -0.396 e. The van der Waals surface area contributed by atoms with Crippen molar-refractivity contribution < 1.29 is 4.74 Å². The number of aromatic nitrogens is 1. The zero-order chi connectivity index (χ0) is 12.4. The van der Waals surface area contributed by atoms with Crippen molar-refractivity contribution in [3.05, 3.63) is 11.8 Å². The van der Waals surface area contributed by atoms with E-state index in [0.717, 1.165) is 25.3 Å². The summed E-state index contributed by atoms with van der Waals surface area (Å²) >= 11 is 0. The first kappa shape index (κ1) is 11.8. The number of nitrogens with two attached hydrogens (primary N) is 1. The highest BCUT2D eigenvalue weighted by Gasteiger charge is 2.21. The molecule has 1 aliphatic heterocycles. The van der Waals surface area contributed by atoms with Gasteiger partial charge in [-0.1, -0.05) is 0 Å². The second-order valence-corrected chi connectivity index (χ2v) is 4.56. The van der Waals surface area contributed by atoms with E-state index in [2.05, 4.69) is 6.07 Å². The smallest absolute Gasteiger partial charge is 0.132 e. The van der Waals surface area contributed by atoms with E-state index in [9.17, 15) is 0 Å².